The normalized spacial score (nSPS) is 14.2. The van der Waals surface area contributed by atoms with Crippen LogP contribution in [0, 0.1) is 19.8 Å². The smallest absolute Gasteiger partial charge is 0.0393 e. The molecule has 19 heavy (non-hydrogen) atoms. The number of benzene rings is 1. The first-order valence-electron chi connectivity index (χ1n) is 7.44. The molecule has 0 bridgehead atoms. The van der Waals surface area contributed by atoms with Crippen molar-refractivity contribution in [1.82, 2.24) is 0 Å². The highest BCUT2D eigenvalue weighted by Crippen LogP contribution is 2.21. The second-order valence-electron chi connectivity index (χ2n) is 6.18. The number of nitrogens with two attached hydrogens (primary N) is 1. The molecule has 0 aromatic heterocycles. The Hall–Kier alpha value is -1.02. The van der Waals surface area contributed by atoms with E-state index in [1.165, 1.54) is 29.7 Å². The van der Waals surface area contributed by atoms with Crippen molar-refractivity contribution in [3.63, 3.8) is 0 Å². The Morgan fingerprint density at radius 2 is 1.84 bits per heavy atom. The number of hydrogen-bond acceptors (Lipinski definition) is 2. The first kappa shape index (κ1) is 16.0. The Balaban J connectivity index is 2.47. The van der Waals surface area contributed by atoms with Crippen molar-refractivity contribution in [3.8, 4) is 0 Å². The van der Waals surface area contributed by atoms with Crippen LogP contribution in [0.4, 0.5) is 5.69 Å². The molecule has 0 spiro atoms. The van der Waals surface area contributed by atoms with E-state index in [-0.39, 0.29) is 0 Å². The summed E-state index contributed by atoms with van der Waals surface area (Å²) in [6, 6.07) is 7.02. The van der Waals surface area contributed by atoms with Gasteiger partial charge in [-0.3, -0.25) is 0 Å². The van der Waals surface area contributed by atoms with Crippen LogP contribution in [0.25, 0.3) is 0 Å². The molecule has 1 aromatic carbocycles. The number of rotatable bonds is 7. The summed E-state index contributed by atoms with van der Waals surface area (Å²) in [6.07, 6.45) is 3.63. The third-order valence-corrected chi connectivity index (χ3v) is 3.71. The summed E-state index contributed by atoms with van der Waals surface area (Å²) in [4.78, 5) is 2.38. The summed E-state index contributed by atoms with van der Waals surface area (Å²) in [5, 5.41) is 0. The van der Waals surface area contributed by atoms with Gasteiger partial charge in [-0.25, -0.2) is 0 Å². The Bertz CT molecular complexity index is 385. The standard InChI is InChI=1S/C17H30N2/c1-13-9-10-17(15(3)11-13)19(5)12-14(2)7-6-8-16(4)18/h9-11,14,16H,6-8,12,18H2,1-5H3. The lowest BCUT2D eigenvalue weighted by molar-refractivity contribution is 0.480. The van der Waals surface area contributed by atoms with E-state index in [1.807, 2.05) is 0 Å². The molecule has 0 radical (unpaired) electrons. The van der Waals surface area contributed by atoms with Crippen LogP contribution in [-0.2, 0) is 0 Å². The summed E-state index contributed by atoms with van der Waals surface area (Å²) in [7, 11) is 2.19. The third kappa shape index (κ3) is 5.65. The number of anilines is 1. The van der Waals surface area contributed by atoms with Gasteiger partial charge >= 0.3 is 0 Å². The monoisotopic (exact) mass is 262 g/mol. The fourth-order valence-corrected chi connectivity index (χ4v) is 2.68. The maximum atomic E-state index is 5.79. The van der Waals surface area contributed by atoms with E-state index in [2.05, 4.69) is 57.8 Å². The number of hydrogen-bond donors (Lipinski definition) is 1. The molecule has 0 aliphatic heterocycles. The molecule has 0 heterocycles. The van der Waals surface area contributed by atoms with E-state index in [0.717, 1.165) is 13.0 Å². The average molecular weight is 262 g/mol. The molecule has 2 nitrogen and oxygen atoms in total. The van der Waals surface area contributed by atoms with Crippen molar-refractivity contribution in [2.24, 2.45) is 11.7 Å². The van der Waals surface area contributed by atoms with Gasteiger partial charge in [0.25, 0.3) is 0 Å². The fourth-order valence-electron chi connectivity index (χ4n) is 2.68. The van der Waals surface area contributed by atoms with Crippen molar-refractivity contribution in [2.45, 2.75) is 53.0 Å². The van der Waals surface area contributed by atoms with Crippen molar-refractivity contribution < 1.29 is 0 Å². The second-order valence-corrected chi connectivity index (χ2v) is 6.18. The second kappa shape index (κ2) is 7.54. The van der Waals surface area contributed by atoms with Gasteiger partial charge in [-0.2, -0.15) is 0 Å². The van der Waals surface area contributed by atoms with Crippen LogP contribution in [0.1, 0.15) is 44.2 Å². The van der Waals surface area contributed by atoms with Gasteiger partial charge < -0.3 is 10.6 Å². The largest absolute Gasteiger partial charge is 0.374 e. The lowest BCUT2D eigenvalue weighted by atomic mass is 10.0. The molecule has 0 amide bonds. The van der Waals surface area contributed by atoms with E-state index in [0.29, 0.717) is 12.0 Å². The minimum absolute atomic E-state index is 0.337. The molecule has 2 unspecified atom stereocenters. The van der Waals surface area contributed by atoms with Gasteiger partial charge in [0.15, 0.2) is 0 Å². The van der Waals surface area contributed by atoms with Crippen molar-refractivity contribution in [3.05, 3.63) is 29.3 Å². The minimum atomic E-state index is 0.337. The van der Waals surface area contributed by atoms with E-state index < -0.39 is 0 Å². The maximum absolute atomic E-state index is 5.79. The van der Waals surface area contributed by atoms with Crippen molar-refractivity contribution in [1.29, 1.82) is 0 Å². The first-order valence-corrected chi connectivity index (χ1v) is 7.44. The molecule has 0 saturated carbocycles. The molecular weight excluding hydrogens is 232 g/mol. The van der Waals surface area contributed by atoms with Crippen LogP contribution in [0.2, 0.25) is 0 Å². The molecule has 1 rings (SSSR count). The van der Waals surface area contributed by atoms with Crippen molar-refractivity contribution >= 4 is 5.69 Å². The molecule has 0 aliphatic rings. The van der Waals surface area contributed by atoms with E-state index in [4.69, 9.17) is 5.73 Å². The zero-order valence-electron chi connectivity index (χ0n) is 13.2. The predicted molar refractivity (Wildman–Crippen MR) is 85.9 cm³/mol. The van der Waals surface area contributed by atoms with Crippen LogP contribution in [0.15, 0.2) is 18.2 Å². The molecule has 2 heteroatoms. The van der Waals surface area contributed by atoms with Crippen LogP contribution in [0.3, 0.4) is 0 Å². The molecule has 0 aliphatic carbocycles. The molecule has 2 N–H and O–H groups in total. The summed E-state index contributed by atoms with van der Waals surface area (Å²) < 4.78 is 0. The molecule has 2 atom stereocenters. The summed E-state index contributed by atoms with van der Waals surface area (Å²) in [5.41, 5.74) is 9.85. The summed E-state index contributed by atoms with van der Waals surface area (Å²) >= 11 is 0. The third-order valence-electron chi connectivity index (χ3n) is 3.71. The topological polar surface area (TPSA) is 29.3 Å². The summed E-state index contributed by atoms with van der Waals surface area (Å²) in [6.45, 7) is 9.88. The SMILES string of the molecule is Cc1ccc(N(C)CC(C)CCCC(C)N)c(C)c1. The molecular formula is C17H30N2. The van der Waals surface area contributed by atoms with Crippen LogP contribution < -0.4 is 10.6 Å². The van der Waals surface area contributed by atoms with E-state index >= 15 is 0 Å². The Kier molecular flexibility index (Phi) is 6.36. The van der Waals surface area contributed by atoms with Crippen molar-refractivity contribution in [2.75, 3.05) is 18.5 Å². The highest BCUT2D eigenvalue weighted by atomic mass is 15.1. The number of nitrogens with zero attached hydrogens (tertiary/aromatic N) is 1. The number of aryl methyl sites for hydroxylation is 2. The summed E-state index contributed by atoms with van der Waals surface area (Å²) in [5.74, 6) is 0.712. The minimum Gasteiger partial charge on any atom is -0.374 e. The van der Waals surface area contributed by atoms with Gasteiger partial charge in [0.2, 0.25) is 0 Å². The van der Waals surface area contributed by atoms with Crippen LogP contribution in [0.5, 0.6) is 0 Å². The molecule has 108 valence electrons. The lowest BCUT2D eigenvalue weighted by Gasteiger charge is -2.25. The van der Waals surface area contributed by atoms with Gasteiger partial charge in [0.05, 0.1) is 0 Å². The highest BCUT2D eigenvalue weighted by molar-refractivity contribution is 5.53. The Labute approximate surface area is 119 Å². The lowest BCUT2D eigenvalue weighted by Crippen LogP contribution is -2.25. The van der Waals surface area contributed by atoms with Crippen LogP contribution >= 0.6 is 0 Å². The highest BCUT2D eigenvalue weighted by Gasteiger charge is 2.09. The van der Waals surface area contributed by atoms with Gasteiger partial charge in [-0.1, -0.05) is 31.0 Å². The Morgan fingerprint density at radius 1 is 1.16 bits per heavy atom. The van der Waals surface area contributed by atoms with Gasteiger partial charge in [-0.05, 0) is 51.2 Å². The fraction of sp³-hybridized carbons (Fsp3) is 0.647. The van der Waals surface area contributed by atoms with Gasteiger partial charge in [0.1, 0.15) is 0 Å². The maximum Gasteiger partial charge on any atom is 0.0393 e. The van der Waals surface area contributed by atoms with Gasteiger partial charge in [-0.15, -0.1) is 0 Å². The molecule has 0 saturated heterocycles. The molecule has 1 aromatic rings. The van der Waals surface area contributed by atoms with E-state index in [9.17, 15) is 0 Å². The first-order chi connectivity index (χ1) is 8.90. The Morgan fingerprint density at radius 3 is 2.42 bits per heavy atom. The van der Waals surface area contributed by atoms with Gasteiger partial charge in [0, 0.05) is 25.3 Å². The zero-order chi connectivity index (χ0) is 14.4. The predicted octanol–water partition coefficient (Wildman–Crippen LogP) is 3.89. The quantitative estimate of drug-likeness (QED) is 0.807. The van der Waals surface area contributed by atoms with Crippen LogP contribution in [-0.4, -0.2) is 19.6 Å². The molecule has 0 fully saturated rings. The van der Waals surface area contributed by atoms with E-state index in [1.54, 1.807) is 0 Å². The zero-order valence-corrected chi connectivity index (χ0v) is 13.2. The average Bonchev–Trinajstić information content (AvgIpc) is 2.27.